The normalized spacial score (nSPS) is 20.0. The molecule has 1 saturated heterocycles. The first-order valence-corrected chi connectivity index (χ1v) is 10.8. The van der Waals surface area contributed by atoms with E-state index in [1.807, 2.05) is 0 Å². The second-order valence-electron chi connectivity index (χ2n) is 6.26. The maximum atomic E-state index is 13.0. The Kier molecular flexibility index (Phi) is 5.38. The van der Waals surface area contributed by atoms with Crippen molar-refractivity contribution in [2.24, 2.45) is 0 Å². The fourth-order valence-corrected chi connectivity index (χ4v) is 5.40. The number of amides is 1. The molecule has 1 fully saturated rings. The lowest BCUT2D eigenvalue weighted by Gasteiger charge is -2.25. The van der Waals surface area contributed by atoms with Gasteiger partial charge in [0, 0.05) is 18.7 Å². The van der Waals surface area contributed by atoms with Crippen LogP contribution < -0.4 is 0 Å². The Morgan fingerprint density at radius 2 is 2.08 bits per heavy atom. The first-order valence-electron chi connectivity index (χ1n) is 8.11. The highest BCUT2D eigenvalue weighted by Crippen LogP contribution is 2.29. The topological polar surface area (TPSA) is 80.5 Å². The minimum atomic E-state index is -3.05. The quantitative estimate of drug-likeness (QED) is 0.721. The number of nitrogens with zero attached hydrogens (tertiary/aromatic N) is 2. The van der Waals surface area contributed by atoms with Gasteiger partial charge in [0.15, 0.2) is 15.6 Å². The molecule has 0 radical (unpaired) electrons. The van der Waals surface area contributed by atoms with Gasteiger partial charge < -0.3 is 9.32 Å². The standard InChI is InChI=1S/C17H19FN2O4S2/c1-11(16(21)20(2)14-7-8-26(22,23)10-14)25-17-19-9-15(24-17)12-3-5-13(18)6-4-12/h3-6,9,11,14H,7-8,10H2,1-2H3/t11-,14+/m1/s1. The Bertz CT molecular complexity index is 896. The molecule has 0 aliphatic carbocycles. The van der Waals surface area contributed by atoms with Gasteiger partial charge in [0.1, 0.15) is 5.82 Å². The van der Waals surface area contributed by atoms with E-state index in [-0.39, 0.29) is 29.3 Å². The van der Waals surface area contributed by atoms with Crippen LogP contribution in [0.3, 0.4) is 0 Å². The zero-order valence-electron chi connectivity index (χ0n) is 14.4. The van der Waals surface area contributed by atoms with Crippen LogP contribution in [-0.4, -0.2) is 54.1 Å². The lowest BCUT2D eigenvalue weighted by atomic mass is 10.2. The largest absolute Gasteiger partial charge is 0.431 e. The lowest BCUT2D eigenvalue weighted by Crippen LogP contribution is -2.41. The number of hydrogen-bond acceptors (Lipinski definition) is 6. The van der Waals surface area contributed by atoms with Gasteiger partial charge in [-0.1, -0.05) is 11.8 Å². The van der Waals surface area contributed by atoms with Crippen LogP contribution in [0.2, 0.25) is 0 Å². The molecule has 2 aromatic rings. The molecule has 3 rings (SSSR count). The number of sulfone groups is 1. The van der Waals surface area contributed by atoms with Crippen molar-refractivity contribution in [2.75, 3.05) is 18.6 Å². The smallest absolute Gasteiger partial charge is 0.256 e. The maximum absolute atomic E-state index is 13.0. The van der Waals surface area contributed by atoms with Gasteiger partial charge in [-0.2, -0.15) is 0 Å². The molecule has 1 aromatic heterocycles. The summed E-state index contributed by atoms with van der Waals surface area (Å²) in [5.41, 5.74) is 0.693. The summed E-state index contributed by atoms with van der Waals surface area (Å²) in [6.45, 7) is 1.73. The minimum absolute atomic E-state index is 0.0142. The number of rotatable bonds is 5. The van der Waals surface area contributed by atoms with Crippen molar-refractivity contribution >= 4 is 27.5 Å². The number of halogens is 1. The lowest BCUT2D eigenvalue weighted by molar-refractivity contribution is -0.130. The number of thioether (sulfide) groups is 1. The Hall–Kier alpha value is -1.87. The number of aromatic nitrogens is 1. The third-order valence-electron chi connectivity index (χ3n) is 4.34. The molecule has 2 heterocycles. The average Bonchev–Trinajstić information content (AvgIpc) is 3.20. The van der Waals surface area contributed by atoms with Gasteiger partial charge in [-0.05, 0) is 37.6 Å². The van der Waals surface area contributed by atoms with E-state index in [9.17, 15) is 17.6 Å². The van der Waals surface area contributed by atoms with Crippen LogP contribution >= 0.6 is 11.8 Å². The summed E-state index contributed by atoms with van der Waals surface area (Å²) in [7, 11) is -1.42. The van der Waals surface area contributed by atoms with E-state index < -0.39 is 15.1 Å². The molecular weight excluding hydrogens is 379 g/mol. The van der Waals surface area contributed by atoms with Gasteiger partial charge in [0.2, 0.25) is 5.91 Å². The molecule has 0 bridgehead atoms. The molecular formula is C17H19FN2O4S2. The van der Waals surface area contributed by atoms with Crippen LogP contribution in [0.25, 0.3) is 11.3 Å². The van der Waals surface area contributed by atoms with Gasteiger partial charge in [-0.3, -0.25) is 4.79 Å². The molecule has 26 heavy (non-hydrogen) atoms. The monoisotopic (exact) mass is 398 g/mol. The predicted molar refractivity (Wildman–Crippen MR) is 97.0 cm³/mol. The highest BCUT2D eigenvalue weighted by atomic mass is 32.2. The van der Waals surface area contributed by atoms with Gasteiger partial charge in [0.05, 0.1) is 23.0 Å². The number of hydrogen-bond donors (Lipinski definition) is 0. The number of carbonyl (C=O) groups is 1. The van der Waals surface area contributed by atoms with E-state index >= 15 is 0 Å². The minimum Gasteiger partial charge on any atom is -0.431 e. The number of carbonyl (C=O) groups excluding carboxylic acids is 1. The van der Waals surface area contributed by atoms with Gasteiger partial charge >= 0.3 is 0 Å². The van der Waals surface area contributed by atoms with E-state index in [4.69, 9.17) is 4.42 Å². The van der Waals surface area contributed by atoms with Crippen molar-refractivity contribution < 1.29 is 22.0 Å². The van der Waals surface area contributed by atoms with Crippen LogP contribution in [0.1, 0.15) is 13.3 Å². The third kappa shape index (κ3) is 4.27. The van der Waals surface area contributed by atoms with E-state index in [1.165, 1.54) is 23.2 Å². The highest BCUT2D eigenvalue weighted by Gasteiger charge is 2.34. The number of oxazole rings is 1. The van der Waals surface area contributed by atoms with Gasteiger partial charge in [0.25, 0.3) is 5.22 Å². The van der Waals surface area contributed by atoms with Crippen molar-refractivity contribution in [3.05, 3.63) is 36.3 Å². The molecule has 0 N–H and O–H groups in total. The SMILES string of the molecule is C[C@@H](Sc1ncc(-c2ccc(F)cc2)o1)C(=O)N(C)[C@H]1CCS(=O)(=O)C1. The molecule has 1 amide bonds. The molecule has 140 valence electrons. The van der Waals surface area contributed by atoms with Gasteiger partial charge in [-0.15, -0.1) is 0 Å². The van der Waals surface area contributed by atoms with Crippen LogP contribution in [0, 0.1) is 5.82 Å². The highest BCUT2D eigenvalue weighted by molar-refractivity contribution is 8.00. The zero-order chi connectivity index (χ0) is 18.9. The van der Waals surface area contributed by atoms with Crippen LogP contribution in [0.15, 0.2) is 40.1 Å². The molecule has 6 nitrogen and oxygen atoms in total. The van der Waals surface area contributed by atoms with Crippen LogP contribution in [0.5, 0.6) is 0 Å². The zero-order valence-corrected chi connectivity index (χ0v) is 16.0. The van der Waals surface area contributed by atoms with Gasteiger partial charge in [-0.25, -0.2) is 17.8 Å². The molecule has 2 atom stereocenters. The summed E-state index contributed by atoms with van der Waals surface area (Å²) in [4.78, 5) is 18.2. The molecule has 0 saturated carbocycles. The summed E-state index contributed by atoms with van der Waals surface area (Å²) in [5, 5.41) is -0.138. The Labute approximate surface area is 155 Å². The van der Waals surface area contributed by atoms with Crippen molar-refractivity contribution in [1.29, 1.82) is 0 Å². The van der Waals surface area contributed by atoms with Crippen LogP contribution in [-0.2, 0) is 14.6 Å². The second-order valence-corrected chi connectivity index (χ2v) is 9.78. The van der Waals surface area contributed by atoms with Crippen LogP contribution in [0.4, 0.5) is 4.39 Å². The summed E-state index contributed by atoms with van der Waals surface area (Å²) in [6, 6.07) is 5.57. The van der Waals surface area contributed by atoms with Crippen molar-refractivity contribution in [3.63, 3.8) is 0 Å². The Morgan fingerprint density at radius 3 is 2.69 bits per heavy atom. The van der Waals surface area contributed by atoms with E-state index in [1.54, 1.807) is 26.1 Å². The molecule has 9 heteroatoms. The first kappa shape index (κ1) is 18.9. The summed E-state index contributed by atoms with van der Waals surface area (Å²) >= 11 is 1.16. The van der Waals surface area contributed by atoms with E-state index in [0.29, 0.717) is 23.0 Å². The van der Waals surface area contributed by atoms with E-state index in [2.05, 4.69) is 4.98 Å². The predicted octanol–water partition coefficient (Wildman–Crippen LogP) is 2.61. The third-order valence-corrected chi connectivity index (χ3v) is 7.04. The second kappa shape index (κ2) is 7.40. The van der Waals surface area contributed by atoms with Crippen molar-refractivity contribution in [2.45, 2.75) is 29.9 Å². The Balaban J connectivity index is 1.63. The van der Waals surface area contributed by atoms with E-state index in [0.717, 1.165) is 11.8 Å². The fourth-order valence-electron chi connectivity index (χ4n) is 2.81. The summed E-state index contributed by atoms with van der Waals surface area (Å²) < 4.78 is 41.8. The summed E-state index contributed by atoms with van der Waals surface area (Å²) in [5.74, 6) is 0.123. The average molecular weight is 398 g/mol. The number of benzene rings is 1. The molecule has 0 spiro atoms. The summed E-state index contributed by atoms with van der Waals surface area (Å²) in [6.07, 6.45) is 2.00. The molecule has 0 unspecified atom stereocenters. The fraction of sp³-hybridized carbons (Fsp3) is 0.412. The van der Waals surface area contributed by atoms with Crippen molar-refractivity contribution in [3.8, 4) is 11.3 Å². The van der Waals surface area contributed by atoms with Crippen molar-refractivity contribution in [1.82, 2.24) is 9.88 Å². The first-order chi connectivity index (χ1) is 12.2. The molecule has 1 aliphatic heterocycles. The molecule has 1 aliphatic rings. The Morgan fingerprint density at radius 1 is 1.38 bits per heavy atom. The maximum Gasteiger partial charge on any atom is 0.256 e. The molecule has 1 aromatic carbocycles.